The van der Waals surface area contributed by atoms with Crippen LogP contribution < -0.4 is 5.32 Å². The number of rotatable bonds is 3. The van der Waals surface area contributed by atoms with Crippen LogP contribution in [-0.4, -0.2) is 52.2 Å². The molecule has 1 aliphatic rings. The third-order valence-corrected chi connectivity index (χ3v) is 4.05. The molecular weight excluding hydrogens is 308 g/mol. The van der Waals surface area contributed by atoms with Crippen molar-refractivity contribution in [1.29, 1.82) is 0 Å². The van der Waals surface area contributed by atoms with E-state index in [4.69, 9.17) is 11.6 Å². The zero-order chi connectivity index (χ0) is 16.3. The lowest BCUT2D eigenvalue weighted by atomic mass is 10.0. The van der Waals surface area contributed by atoms with Gasteiger partial charge < -0.3 is 20.4 Å². The molecule has 7 heteroatoms. The summed E-state index contributed by atoms with van der Waals surface area (Å²) in [5, 5.41) is 22.3. The van der Waals surface area contributed by atoms with Gasteiger partial charge in [-0.05, 0) is 24.1 Å². The highest BCUT2D eigenvalue weighted by Crippen LogP contribution is 2.23. The van der Waals surface area contributed by atoms with Crippen molar-refractivity contribution in [1.82, 2.24) is 10.2 Å². The molecule has 2 rings (SSSR count). The van der Waals surface area contributed by atoms with Crippen molar-refractivity contribution in [2.75, 3.05) is 13.1 Å². The summed E-state index contributed by atoms with van der Waals surface area (Å²) in [4.78, 5) is 24.9. The summed E-state index contributed by atoms with van der Waals surface area (Å²) in [6, 6.07) is 4.22. The van der Waals surface area contributed by atoms with Crippen molar-refractivity contribution in [2.24, 2.45) is 0 Å². The van der Waals surface area contributed by atoms with E-state index in [1.54, 1.807) is 11.0 Å². The number of nitrogens with zero attached hydrogens (tertiary/aromatic N) is 1. The van der Waals surface area contributed by atoms with Crippen LogP contribution in [0.15, 0.2) is 18.2 Å². The molecule has 1 heterocycles. The van der Waals surface area contributed by atoms with E-state index in [1.807, 2.05) is 0 Å². The van der Waals surface area contributed by atoms with Crippen LogP contribution in [0.25, 0.3) is 0 Å². The number of aromatic hydroxyl groups is 1. The third kappa shape index (κ3) is 4.11. The molecule has 6 nitrogen and oxygen atoms in total. The Morgan fingerprint density at radius 3 is 2.77 bits per heavy atom. The van der Waals surface area contributed by atoms with Gasteiger partial charge in [-0.25, -0.2) is 0 Å². The van der Waals surface area contributed by atoms with Gasteiger partial charge in [0, 0.05) is 20.0 Å². The van der Waals surface area contributed by atoms with Gasteiger partial charge in [0.1, 0.15) is 5.75 Å². The molecule has 2 atom stereocenters. The average molecular weight is 327 g/mol. The molecule has 0 radical (unpaired) electrons. The smallest absolute Gasteiger partial charge is 0.224 e. The molecule has 1 aromatic carbocycles. The van der Waals surface area contributed by atoms with E-state index in [1.165, 1.54) is 19.1 Å². The number of phenolic OH excluding ortho intramolecular Hbond substituents is 1. The Balaban J connectivity index is 1.89. The van der Waals surface area contributed by atoms with E-state index in [9.17, 15) is 19.8 Å². The molecule has 0 saturated carbocycles. The Morgan fingerprint density at radius 2 is 2.18 bits per heavy atom. The van der Waals surface area contributed by atoms with Gasteiger partial charge in [-0.3, -0.25) is 9.59 Å². The van der Waals surface area contributed by atoms with Crippen LogP contribution in [0.2, 0.25) is 5.02 Å². The SMILES string of the molecule is CC(=O)N1CC[C@@H](NC(=O)Cc2ccc(O)c(Cl)c2)[C@H](O)C1. The Bertz CT molecular complexity index is 579. The molecule has 3 N–H and O–H groups in total. The Kier molecular flexibility index (Phi) is 5.26. The summed E-state index contributed by atoms with van der Waals surface area (Å²) < 4.78 is 0. The van der Waals surface area contributed by atoms with E-state index in [0.717, 1.165) is 0 Å². The first-order chi connectivity index (χ1) is 10.4. The maximum Gasteiger partial charge on any atom is 0.224 e. The number of amides is 2. The highest BCUT2D eigenvalue weighted by atomic mass is 35.5. The van der Waals surface area contributed by atoms with Gasteiger partial charge in [-0.2, -0.15) is 0 Å². The fourth-order valence-corrected chi connectivity index (χ4v) is 2.69. The normalized spacial score (nSPS) is 21.5. The summed E-state index contributed by atoms with van der Waals surface area (Å²) in [7, 11) is 0. The molecule has 1 fully saturated rings. The summed E-state index contributed by atoms with van der Waals surface area (Å²) >= 11 is 5.80. The van der Waals surface area contributed by atoms with Gasteiger partial charge in [0.25, 0.3) is 0 Å². The minimum Gasteiger partial charge on any atom is -0.506 e. The molecular formula is C15H19ClN2O4. The number of halogens is 1. The van der Waals surface area contributed by atoms with E-state index in [-0.39, 0.29) is 41.6 Å². The van der Waals surface area contributed by atoms with E-state index >= 15 is 0 Å². The second-order valence-electron chi connectivity index (χ2n) is 5.46. The Morgan fingerprint density at radius 1 is 1.45 bits per heavy atom. The molecule has 0 spiro atoms. The Hall–Kier alpha value is -1.79. The van der Waals surface area contributed by atoms with Crippen LogP contribution in [0.3, 0.4) is 0 Å². The minimum absolute atomic E-state index is 0.0298. The van der Waals surface area contributed by atoms with Gasteiger partial charge in [-0.1, -0.05) is 17.7 Å². The first-order valence-corrected chi connectivity index (χ1v) is 7.45. The summed E-state index contributed by atoms with van der Waals surface area (Å²) in [5.74, 6) is -0.345. The van der Waals surface area contributed by atoms with Crippen LogP contribution in [0.1, 0.15) is 18.9 Å². The third-order valence-electron chi connectivity index (χ3n) is 3.75. The first-order valence-electron chi connectivity index (χ1n) is 7.07. The number of carbonyl (C=O) groups is 2. The van der Waals surface area contributed by atoms with Crippen LogP contribution in [0.5, 0.6) is 5.75 Å². The Labute approximate surface area is 133 Å². The van der Waals surface area contributed by atoms with Gasteiger partial charge >= 0.3 is 0 Å². The van der Waals surface area contributed by atoms with Crippen LogP contribution in [0.4, 0.5) is 0 Å². The van der Waals surface area contributed by atoms with Crippen LogP contribution >= 0.6 is 11.6 Å². The lowest BCUT2D eigenvalue weighted by Gasteiger charge is -2.35. The van der Waals surface area contributed by atoms with Crippen LogP contribution in [-0.2, 0) is 16.0 Å². The predicted molar refractivity (Wildman–Crippen MR) is 81.6 cm³/mol. The zero-order valence-corrected chi connectivity index (χ0v) is 13.0. The molecule has 2 amide bonds. The van der Waals surface area contributed by atoms with Gasteiger partial charge in [-0.15, -0.1) is 0 Å². The number of hydrogen-bond donors (Lipinski definition) is 3. The molecule has 1 aromatic rings. The fourth-order valence-electron chi connectivity index (χ4n) is 2.49. The van der Waals surface area contributed by atoms with Gasteiger partial charge in [0.2, 0.25) is 11.8 Å². The fraction of sp³-hybridized carbons (Fsp3) is 0.467. The number of likely N-dealkylation sites (tertiary alicyclic amines) is 1. The summed E-state index contributed by atoms with van der Waals surface area (Å²) in [6.45, 7) is 2.20. The molecule has 120 valence electrons. The second kappa shape index (κ2) is 6.98. The van der Waals surface area contributed by atoms with Crippen LogP contribution in [0, 0.1) is 0 Å². The van der Waals surface area contributed by atoms with Crippen molar-refractivity contribution in [3.05, 3.63) is 28.8 Å². The quantitative estimate of drug-likeness (QED) is 0.762. The average Bonchev–Trinajstić information content (AvgIpc) is 2.45. The number of nitrogens with one attached hydrogen (secondary N) is 1. The maximum atomic E-state index is 12.0. The monoisotopic (exact) mass is 326 g/mol. The number of aliphatic hydroxyl groups is 1. The number of β-amino-alcohol motifs (C(OH)–C–C–N with tert-alkyl or cyclic N) is 1. The molecule has 22 heavy (non-hydrogen) atoms. The number of phenols is 1. The molecule has 0 bridgehead atoms. The maximum absolute atomic E-state index is 12.0. The lowest BCUT2D eigenvalue weighted by molar-refractivity contribution is -0.133. The van der Waals surface area contributed by atoms with Crippen molar-refractivity contribution in [3.8, 4) is 5.75 Å². The predicted octanol–water partition coefficient (Wildman–Crippen LogP) is 0.686. The number of piperidine rings is 1. The molecule has 0 aromatic heterocycles. The number of benzene rings is 1. The number of aliphatic hydroxyl groups excluding tert-OH is 1. The molecule has 1 saturated heterocycles. The van der Waals surface area contributed by atoms with Crippen molar-refractivity contribution in [2.45, 2.75) is 31.9 Å². The summed E-state index contributed by atoms with van der Waals surface area (Å²) in [6.07, 6.45) is -0.146. The topological polar surface area (TPSA) is 89.9 Å². The van der Waals surface area contributed by atoms with E-state index < -0.39 is 6.10 Å². The molecule has 1 aliphatic heterocycles. The molecule has 0 aliphatic carbocycles. The van der Waals surface area contributed by atoms with Crippen molar-refractivity contribution in [3.63, 3.8) is 0 Å². The highest BCUT2D eigenvalue weighted by Gasteiger charge is 2.29. The van der Waals surface area contributed by atoms with Gasteiger partial charge in [0.15, 0.2) is 0 Å². The standard InChI is InChI=1S/C15H19ClN2O4/c1-9(19)18-5-4-12(14(21)8-18)17-15(22)7-10-2-3-13(20)11(16)6-10/h2-3,6,12,14,20-21H,4-5,7-8H2,1H3,(H,17,22)/t12-,14-/m1/s1. The zero-order valence-electron chi connectivity index (χ0n) is 12.3. The van der Waals surface area contributed by atoms with Gasteiger partial charge in [0.05, 0.1) is 23.6 Å². The minimum atomic E-state index is -0.773. The number of hydrogen-bond acceptors (Lipinski definition) is 4. The highest BCUT2D eigenvalue weighted by molar-refractivity contribution is 6.32. The second-order valence-corrected chi connectivity index (χ2v) is 5.86. The summed E-state index contributed by atoms with van der Waals surface area (Å²) in [5.41, 5.74) is 0.677. The largest absolute Gasteiger partial charge is 0.506 e. The van der Waals surface area contributed by atoms with Crippen molar-refractivity contribution >= 4 is 23.4 Å². The first kappa shape index (κ1) is 16.6. The molecule has 0 unspecified atom stereocenters. The van der Waals surface area contributed by atoms with E-state index in [2.05, 4.69) is 5.32 Å². The number of carbonyl (C=O) groups excluding carboxylic acids is 2. The van der Waals surface area contributed by atoms with E-state index in [0.29, 0.717) is 18.5 Å². The van der Waals surface area contributed by atoms with Crippen molar-refractivity contribution < 1.29 is 19.8 Å². The lowest BCUT2D eigenvalue weighted by Crippen LogP contribution is -2.55.